The summed E-state index contributed by atoms with van der Waals surface area (Å²) in [7, 11) is 0. The molecule has 0 aliphatic rings. The Morgan fingerprint density at radius 1 is 1.10 bits per heavy atom. The lowest BCUT2D eigenvalue weighted by molar-refractivity contribution is -0.143. The van der Waals surface area contributed by atoms with Crippen LogP contribution in [0.4, 0.5) is 13.2 Å². The highest BCUT2D eigenvalue weighted by molar-refractivity contribution is 8.00. The molecule has 0 spiro atoms. The van der Waals surface area contributed by atoms with Crippen LogP contribution in [0.25, 0.3) is 0 Å². The average Bonchev–Trinajstić information content (AvgIpc) is 2.33. The van der Waals surface area contributed by atoms with Crippen LogP contribution in [0.1, 0.15) is 52.9 Å². The second-order valence-corrected chi connectivity index (χ2v) is 6.76. The zero-order valence-corrected chi connectivity index (χ0v) is 13.3. The zero-order chi connectivity index (χ0) is 15.6. The first-order valence-corrected chi connectivity index (χ1v) is 8.12. The molecule has 1 unspecified atom stereocenters. The van der Waals surface area contributed by atoms with Gasteiger partial charge in [-0.15, -0.1) is 11.8 Å². The van der Waals surface area contributed by atoms with Crippen LogP contribution in [0.3, 0.4) is 0 Å². The van der Waals surface area contributed by atoms with Crippen molar-refractivity contribution in [3.8, 4) is 0 Å². The number of rotatable bonds is 10. The van der Waals surface area contributed by atoms with E-state index in [-0.39, 0.29) is 17.6 Å². The van der Waals surface area contributed by atoms with E-state index in [1.807, 2.05) is 13.8 Å². The van der Waals surface area contributed by atoms with Crippen molar-refractivity contribution >= 4 is 17.7 Å². The quantitative estimate of drug-likeness (QED) is 0.427. The van der Waals surface area contributed by atoms with E-state index in [9.17, 15) is 18.0 Å². The van der Waals surface area contributed by atoms with Crippen LogP contribution in [0.5, 0.6) is 0 Å². The minimum atomic E-state index is -4.04. The largest absolute Gasteiger partial charge is 0.465 e. The summed E-state index contributed by atoms with van der Waals surface area (Å²) < 4.78 is 40.8. The average molecular weight is 314 g/mol. The van der Waals surface area contributed by atoms with Gasteiger partial charge in [-0.05, 0) is 31.4 Å². The fraction of sp³-hybridized carbons (Fsp3) is 0.929. The molecule has 0 bridgehead atoms. The lowest BCUT2D eigenvalue weighted by Crippen LogP contribution is -2.19. The van der Waals surface area contributed by atoms with E-state index in [4.69, 9.17) is 4.74 Å². The van der Waals surface area contributed by atoms with Gasteiger partial charge in [-0.1, -0.05) is 26.7 Å². The summed E-state index contributed by atoms with van der Waals surface area (Å²) in [5, 5.41) is -0.205. The van der Waals surface area contributed by atoms with Crippen molar-refractivity contribution in [2.24, 2.45) is 5.92 Å². The van der Waals surface area contributed by atoms with Crippen molar-refractivity contribution < 1.29 is 22.7 Å². The lowest BCUT2D eigenvalue weighted by atomic mass is 10.1. The molecular weight excluding hydrogens is 289 g/mol. The SMILES string of the molecule is CC(C)COC(=O)C(C)SCCCCCCC(F)(F)F. The number of esters is 1. The standard InChI is InChI=1S/C14H25F3O2S/c1-11(2)10-19-13(18)12(3)20-9-7-5-4-6-8-14(15,16)17/h11-12H,4-10H2,1-3H3. The molecule has 0 saturated heterocycles. The number of ether oxygens (including phenoxy) is 1. The summed E-state index contributed by atoms with van der Waals surface area (Å²) in [5.41, 5.74) is 0. The number of carbonyl (C=O) groups is 1. The van der Waals surface area contributed by atoms with Crippen molar-refractivity contribution in [2.75, 3.05) is 12.4 Å². The molecule has 0 heterocycles. The Morgan fingerprint density at radius 2 is 1.70 bits per heavy atom. The van der Waals surface area contributed by atoms with Crippen molar-refractivity contribution in [2.45, 2.75) is 64.3 Å². The Balaban J connectivity index is 3.48. The summed E-state index contributed by atoms with van der Waals surface area (Å²) in [6, 6.07) is 0. The van der Waals surface area contributed by atoms with Crippen molar-refractivity contribution in [1.82, 2.24) is 0 Å². The molecule has 0 aromatic carbocycles. The van der Waals surface area contributed by atoms with Crippen LogP contribution in [0, 0.1) is 5.92 Å². The molecule has 0 N–H and O–H groups in total. The number of unbranched alkanes of at least 4 members (excludes halogenated alkanes) is 3. The maximum Gasteiger partial charge on any atom is 0.389 e. The van der Waals surface area contributed by atoms with E-state index < -0.39 is 12.6 Å². The fourth-order valence-electron chi connectivity index (χ4n) is 1.48. The highest BCUT2D eigenvalue weighted by Gasteiger charge is 2.25. The third-order valence-electron chi connectivity index (χ3n) is 2.61. The Bertz CT molecular complexity index is 268. The van der Waals surface area contributed by atoms with E-state index in [1.165, 1.54) is 11.8 Å². The number of hydrogen-bond acceptors (Lipinski definition) is 3. The Kier molecular flexibility index (Phi) is 10.2. The van der Waals surface area contributed by atoms with Gasteiger partial charge in [0.05, 0.1) is 11.9 Å². The van der Waals surface area contributed by atoms with Crippen LogP contribution in [0.15, 0.2) is 0 Å². The Hall–Kier alpha value is -0.390. The number of thioether (sulfide) groups is 1. The topological polar surface area (TPSA) is 26.3 Å². The van der Waals surface area contributed by atoms with Gasteiger partial charge in [0, 0.05) is 6.42 Å². The van der Waals surface area contributed by atoms with Crippen molar-refractivity contribution in [3.05, 3.63) is 0 Å². The Morgan fingerprint density at radius 3 is 2.25 bits per heavy atom. The van der Waals surface area contributed by atoms with E-state index >= 15 is 0 Å². The van der Waals surface area contributed by atoms with Crippen LogP contribution in [-0.4, -0.2) is 29.8 Å². The first-order chi connectivity index (χ1) is 9.22. The highest BCUT2D eigenvalue weighted by Crippen LogP contribution is 2.23. The van der Waals surface area contributed by atoms with Gasteiger partial charge >= 0.3 is 12.1 Å². The van der Waals surface area contributed by atoms with Crippen LogP contribution < -0.4 is 0 Å². The number of halogens is 3. The lowest BCUT2D eigenvalue weighted by Gasteiger charge is -2.12. The van der Waals surface area contributed by atoms with Gasteiger partial charge in [-0.25, -0.2) is 0 Å². The molecule has 20 heavy (non-hydrogen) atoms. The van der Waals surface area contributed by atoms with E-state index in [2.05, 4.69) is 0 Å². The molecule has 0 aromatic heterocycles. The molecule has 0 rings (SSSR count). The highest BCUT2D eigenvalue weighted by atomic mass is 32.2. The van der Waals surface area contributed by atoms with Crippen molar-refractivity contribution in [3.63, 3.8) is 0 Å². The third kappa shape index (κ3) is 12.6. The van der Waals surface area contributed by atoms with Crippen LogP contribution in [-0.2, 0) is 9.53 Å². The van der Waals surface area contributed by atoms with E-state index in [1.54, 1.807) is 6.92 Å². The minimum absolute atomic E-state index is 0.195. The molecule has 0 aromatic rings. The molecule has 0 aliphatic heterocycles. The second-order valence-electron chi connectivity index (χ2n) is 5.32. The molecular formula is C14H25F3O2S. The Labute approximate surface area is 123 Å². The molecule has 1 atom stereocenters. The van der Waals surface area contributed by atoms with Gasteiger partial charge in [0.2, 0.25) is 0 Å². The van der Waals surface area contributed by atoms with E-state index in [0.717, 1.165) is 18.6 Å². The van der Waals surface area contributed by atoms with Gasteiger partial charge in [0.25, 0.3) is 0 Å². The zero-order valence-electron chi connectivity index (χ0n) is 12.5. The maximum absolute atomic E-state index is 11.9. The normalized spacial score (nSPS) is 13.6. The fourth-order valence-corrected chi connectivity index (χ4v) is 2.40. The number of alkyl halides is 3. The molecule has 2 nitrogen and oxygen atoms in total. The predicted octanol–water partition coefficient (Wildman–Crippen LogP) is 4.82. The summed E-state index contributed by atoms with van der Waals surface area (Å²) >= 11 is 1.50. The smallest absolute Gasteiger partial charge is 0.389 e. The van der Waals surface area contributed by atoms with Gasteiger partial charge in [0.1, 0.15) is 0 Å². The summed E-state index contributed by atoms with van der Waals surface area (Å²) in [5.74, 6) is 0.898. The maximum atomic E-state index is 11.9. The molecule has 0 saturated carbocycles. The second kappa shape index (κ2) is 10.4. The molecule has 6 heteroatoms. The molecule has 0 radical (unpaired) electrons. The van der Waals surface area contributed by atoms with Gasteiger partial charge < -0.3 is 4.74 Å². The van der Waals surface area contributed by atoms with Gasteiger partial charge in [-0.2, -0.15) is 13.2 Å². The monoisotopic (exact) mass is 314 g/mol. The van der Waals surface area contributed by atoms with Crippen LogP contribution >= 0.6 is 11.8 Å². The molecule has 0 aliphatic carbocycles. The summed E-state index contributed by atoms with van der Waals surface area (Å²) in [6.07, 6.45) is -2.34. The molecule has 0 amide bonds. The van der Waals surface area contributed by atoms with E-state index in [0.29, 0.717) is 18.9 Å². The molecule has 0 fully saturated rings. The van der Waals surface area contributed by atoms with Gasteiger partial charge in [-0.3, -0.25) is 4.79 Å². The number of hydrogen-bond donors (Lipinski definition) is 0. The summed E-state index contributed by atoms with van der Waals surface area (Å²) in [4.78, 5) is 11.6. The first-order valence-electron chi connectivity index (χ1n) is 7.07. The first kappa shape index (κ1) is 19.6. The minimum Gasteiger partial charge on any atom is -0.465 e. The van der Waals surface area contributed by atoms with Crippen molar-refractivity contribution in [1.29, 1.82) is 0 Å². The third-order valence-corrected chi connectivity index (χ3v) is 3.83. The van der Waals surface area contributed by atoms with Crippen LogP contribution in [0.2, 0.25) is 0 Å². The summed E-state index contributed by atoms with van der Waals surface area (Å²) in [6.45, 7) is 6.19. The number of carbonyl (C=O) groups excluding carboxylic acids is 1. The predicted molar refractivity (Wildman–Crippen MR) is 76.9 cm³/mol. The molecule has 120 valence electrons. The van der Waals surface area contributed by atoms with Gasteiger partial charge in [0.15, 0.2) is 0 Å².